The topological polar surface area (TPSA) is 55.2 Å². The molecular formula is C18H14Cl2N2O2. The quantitative estimate of drug-likeness (QED) is 0.422. The van der Waals surface area contributed by atoms with Gasteiger partial charge in [-0.3, -0.25) is 10.1 Å². The number of hydrogen-bond donors (Lipinski definition) is 1. The molecule has 2 aromatic carbocycles. The van der Waals surface area contributed by atoms with E-state index in [9.17, 15) is 10.1 Å². The fourth-order valence-electron chi connectivity index (χ4n) is 3.76. The molecule has 1 aliphatic carbocycles. The van der Waals surface area contributed by atoms with Gasteiger partial charge in [-0.2, -0.15) is 0 Å². The van der Waals surface area contributed by atoms with Crippen molar-refractivity contribution in [3.63, 3.8) is 0 Å². The number of hydrogen-bond acceptors (Lipinski definition) is 3. The van der Waals surface area contributed by atoms with Gasteiger partial charge in [0.05, 0.1) is 11.0 Å². The summed E-state index contributed by atoms with van der Waals surface area (Å²) < 4.78 is 0. The highest BCUT2D eigenvalue weighted by molar-refractivity contribution is 6.35. The first-order chi connectivity index (χ1) is 11.5. The van der Waals surface area contributed by atoms with Crippen LogP contribution in [-0.4, -0.2) is 4.92 Å². The number of rotatable bonds is 2. The van der Waals surface area contributed by atoms with E-state index in [4.69, 9.17) is 23.2 Å². The SMILES string of the molecule is O=[N+]([O-])c1ccc2c(c1)[C@@H]1C=CC[C@@H]1[C@H](c1ccc(Cl)cc1Cl)N2. The van der Waals surface area contributed by atoms with Gasteiger partial charge in [-0.25, -0.2) is 0 Å². The van der Waals surface area contributed by atoms with Crippen LogP contribution in [0.15, 0.2) is 48.6 Å². The Morgan fingerprint density at radius 2 is 1.96 bits per heavy atom. The van der Waals surface area contributed by atoms with Gasteiger partial charge in [0.2, 0.25) is 0 Å². The van der Waals surface area contributed by atoms with Crippen molar-refractivity contribution in [1.29, 1.82) is 0 Å². The summed E-state index contributed by atoms with van der Waals surface area (Å²) in [6.45, 7) is 0. The van der Waals surface area contributed by atoms with Crippen LogP contribution >= 0.6 is 23.2 Å². The van der Waals surface area contributed by atoms with Gasteiger partial charge in [-0.05, 0) is 41.7 Å². The first-order valence-electron chi connectivity index (χ1n) is 7.71. The van der Waals surface area contributed by atoms with Crippen molar-refractivity contribution in [3.8, 4) is 0 Å². The van der Waals surface area contributed by atoms with Gasteiger partial charge in [0.25, 0.3) is 5.69 Å². The molecule has 0 saturated heterocycles. The molecule has 4 rings (SSSR count). The smallest absolute Gasteiger partial charge is 0.269 e. The lowest BCUT2D eigenvalue weighted by Gasteiger charge is -2.37. The zero-order valence-electron chi connectivity index (χ0n) is 12.6. The molecule has 122 valence electrons. The van der Waals surface area contributed by atoms with Gasteiger partial charge >= 0.3 is 0 Å². The fraction of sp³-hybridized carbons (Fsp3) is 0.222. The molecule has 1 heterocycles. The fourth-order valence-corrected chi connectivity index (χ4v) is 4.28. The van der Waals surface area contributed by atoms with Crippen LogP contribution in [0.2, 0.25) is 10.0 Å². The van der Waals surface area contributed by atoms with E-state index >= 15 is 0 Å². The van der Waals surface area contributed by atoms with Crippen molar-refractivity contribution in [2.75, 3.05) is 5.32 Å². The molecule has 0 radical (unpaired) electrons. The minimum absolute atomic E-state index is 0.0451. The van der Waals surface area contributed by atoms with E-state index in [1.54, 1.807) is 18.2 Å². The lowest BCUT2D eigenvalue weighted by Crippen LogP contribution is -2.29. The van der Waals surface area contributed by atoms with Crippen LogP contribution in [0, 0.1) is 16.0 Å². The number of nitro benzene ring substituents is 1. The number of fused-ring (bicyclic) bond motifs is 3. The number of non-ortho nitro benzene ring substituents is 1. The molecule has 2 aliphatic rings. The van der Waals surface area contributed by atoms with Gasteiger partial charge in [-0.15, -0.1) is 0 Å². The molecule has 24 heavy (non-hydrogen) atoms. The number of nitrogens with zero attached hydrogens (tertiary/aromatic N) is 1. The molecule has 1 aliphatic heterocycles. The third-order valence-electron chi connectivity index (χ3n) is 4.85. The van der Waals surface area contributed by atoms with Crippen LogP contribution in [0.25, 0.3) is 0 Å². The number of nitrogens with one attached hydrogen (secondary N) is 1. The predicted molar refractivity (Wildman–Crippen MR) is 95.9 cm³/mol. The minimum atomic E-state index is -0.351. The Balaban J connectivity index is 1.79. The lowest BCUT2D eigenvalue weighted by molar-refractivity contribution is -0.384. The number of benzene rings is 2. The van der Waals surface area contributed by atoms with E-state index in [0.29, 0.717) is 10.0 Å². The molecule has 0 saturated carbocycles. The summed E-state index contributed by atoms with van der Waals surface area (Å²) in [7, 11) is 0. The number of allylic oxidation sites excluding steroid dienone is 2. The molecule has 6 heteroatoms. The first-order valence-corrected chi connectivity index (χ1v) is 8.46. The summed E-state index contributed by atoms with van der Waals surface area (Å²) in [5, 5.41) is 15.8. The minimum Gasteiger partial charge on any atom is -0.378 e. The maximum Gasteiger partial charge on any atom is 0.269 e. The Labute approximate surface area is 149 Å². The average Bonchev–Trinajstić information content (AvgIpc) is 3.04. The van der Waals surface area contributed by atoms with Gasteiger partial charge in [0.15, 0.2) is 0 Å². The third kappa shape index (κ3) is 2.46. The number of anilines is 1. The van der Waals surface area contributed by atoms with Gasteiger partial charge in [0.1, 0.15) is 0 Å². The monoisotopic (exact) mass is 360 g/mol. The van der Waals surface area contributed by atoms with E-state index in [2.05, 4.69) is 17.5 Å². The van der Waals surface area contributed by atoms with Crippen molar-refractivity contribution in [3.05, 3.63) is 79.8 Å². The van der Waals surface area contributed by atoms with Crippen LogP contribution in [0.4, 0.5) is 11.4 Å². The van der Waals surface area contributed by atoms with E-state index in [1.807, 2.05) is 12.1 Å². The normalized spacial score (nSPS) is 24.2. The molecule has 0 bridgehead atoms. The Morgan fingerprint density at radius 1 is 1.12 bits per heavy atom. The van der Waals surface area contributed by atoms with Crippen LogP contribution in [0.5, 0.6) is 0 Å². The largest absolute Gasteiger partial charge is 0.378 e. The summed E-state index contributed by atoms with van der Waals surface area (Å²) >= 11 is 12.4. The molecule has 0 amide bonds. The predicted octanol–water partition coefficient (Wildman–Crippen LogP) is 5.73. The standard InChI is InChI=1S/C18H14Cl2N2O2/c19-10-4-6-14(16(20)8-10)18-13-3-1-2-12(13)15-9-11(22(23)24)5-7-17(15)21-18/h1-2,4-9,12-13,18,21H,3H2/t12-,13+,18-/m1/s1. The highest BCUT2D eigenvalue weighted by Gasteiger charge is 2.39. The molecule has 2 aromatic rings. The maximum absolute atomic E-state index is 11.1. The molecule has 4 nitrogen and oxygen atoms in total. The number of nitro groups is 1. The van der Waals surface area contributed by atoms with E-state index < -0.39 is 0 Å². The summed E-state index contributed by atoms with van der Waals surface area (Å²) in [6, 6.07) is 10.6. The van der Waals surface area contributed by atoms with Crippen LogP contribution in [0.3, 0.4) is 0 Å². The van der Waals surface area contributed by atoms with Gasteiger partial charge in [0, 0.05) is 33.8 Å². The van der Waals surface area contributed by atoms with Crippen molar-refractivity contribution in [2.45, 2.75) is 18.4 Å². The Bertz CT molecular complexity index is 866. The molecule has 0 unspecified atom stereocenters. The molecule has 1 N–H and O–H groups in total. The average molecular weight is 361 g/mol. The van der Waals surface area contributed by atoms with Crippen molar-refractivity contribution >= 4 is 34.6 Å². The second kappa shape index (κ2) is 5.80. The zero-order valence-corrected chi connectivity index (χ0v) is 14.1. The van der Waals surface area contributed by atoms with Crippen molar-refractivity contribution in [1.82, 2.24) is 0 Å². The lowest BCUT2D eigenvalue weighted by atomic mass is 9.77. The summed E-state index contributed by atoms with van der Waals surface area (Å²) in [5.41, 5.74) is 3.02. The Kier molecular flexibility index (Phi) is 3.74. The first kappa shape index (κ1) is 15.5. The summed E-state index contributed by atoms with van der Waals surface area (Å²) in [5.74, 6) is 0.427. The summed E-state index contributed by atoms with van der Waals surface area (Å²) in [6.07, 6.45) is 5.19. The molecule has 0 fully saturated rings. The van der Waals surface area contributed by atoms with E-state index in [1.165, 1.54) is 6.07 Å². The van der Waals surface area contributed by atoms with Crippen molar-refractivity contribution < 1.29 is 4.92 Å². The molecular weight excluding hydrogens is 347 g/mol. The van der Waals surface area contributed by atoms with Crippen LogP contribution < -0.4 is 5.32 Å². The molecule has 0 aromatic heterocycles. The van der Waals surface area contributed by atoms with E-state index in [0.717, 1.165) is 23.2 Å². The highest BCUT2D eigenvalue weighted by atomic mass is 35.5. The third-order valence-corrected chi connectivity index (χ3v) is 5.42. The van der Waals surface area contributed by atoms with Gasteiger partial charge in [-0.1, -0.05) is 41.4 Å². The van der Waals surface area contributed by atoms with Crippen LogP contribution in [0.1, 0.15) is 29.5 Å². The zero-order chi connectivity index (χ0) is 16.8. The highest BCUT2D eigenvalue weighted by Crippen LogP contribution is 2.51. The number of halogens is 2. The molecule has 0 spiro atoms. The molecule has 3 atom stereocenters. The Hall–Kier alpha value is -2.04. The van der Waals surface area contributed by atoms with Gasteiger partial charge < -0.3 is 5.32 Å². The second-order valence-corrected chi connectivity index (χ2v) is 7.01. The second-order valence-electron chi connectivity index (χ2n) is 6.17. The van der Waals surface area contributed by atoms with Crippen LogP contribution in [-0.2, 0) is 0 Å². The summed E-state index contributed by atoms with van der Waals surface area (Å²) in [4.78, 5) is 10.7. The van der Waals surface area contributed by atoms with Crippen molar-refractivity contribution in [2.24, 2.45) is 5.92 Å². The van der Waals surface area contributed by atoms with E-state index in [-0.39, 0.29) is 28.5 Å². The maximum atomic E-state index is 11.1. The Morgan fingerprint density at radius 3 is 2.71 bits per heavy atom.